The van der Waals surface area contributed by atoms with Gasteiger partial charge in [0.15, 0.2) is 0 Å². The molecule has 1 aliphatic heterocycles. The third kappa shape index (κ3) is 5.46. The van der Waals surface area contributed by atoms with Crippen LogP contribution in [-0.4, -0.2) is 65.3 Å². The number of carbonyl (C=O) groups excluding carboxylic acids is 2. The van der Waals surface area contributed by atoms with Crippen LogP contribution in [0.3, 0.4) is 0 Å². The zero-order chi connectivity index (χ0) is 14.6. The SMILES string of the molecule is CN(CCCN1CC(O)CC1=O)C(=O)OC(C)(C)C. The molecule has 1 rings (SSSR count). The molecule has 0 aromatic rings. The molecule has 6 heteroatoms. The van der Waals surface area contributed by atoms with Gasteiger partial charge in [-0.15, -0.1) is 0 Å². The summed E-state index contributed by atoms with van der Waals surface area (Å²) in [5, 5.41) is 9.35. The molecule has 110 valence electrons. The molecule has 0 aromatic heterocycles. The van der Waals surface area contributed by atoms with Crippen LogP contribution in [-0.2, 0) is 9.53 Å². The number of rotatable bonds is 4. The first kappa shape index (κ1) is 15.8. The molecular weight excluding hydrogens is 248 g/mol. The quantitative estimate of drug-likeness (QED) is 0.823. The Morgan fingerprint density at radius 2 is 2.16 bits per heavy atom. The van der Waals surface area contributed by atoms with Crippen LogP contribution in [0.1, 0.15) is 33.6 Å². The van der Waals surface area contributed by atoms with Gasteiger partial charge in [0.05, 0.1) is 12.5 Å². The summed E-state index contributed by atoms with van der Waals surface area (Å²) in [5.41, 5.74) is -0.500. The first-order chi connectivity index (χ1) is 8.69. The normalized spacial score (nSPS) is 19.7. The molecule has 6 nitrogen and oxygen atoms in total. The number of aliphatic hydroxyl groups excluding tert-OH is 1. The molecule has 1 unspecified atom stereocenters. The lowest BCUT2D eigenvalue weighted by molar-refractivity contribution is -0.127. The molecule has 0 aliphatic carbocycles. The average Bonchev–Trinajstić information content (AvgIpc) is 2.55. The van der Waals surface area contributed by atoms with Crippen molar-refractivity contribution in [1.29, 1.82) is 0 Å². The van der Waals surface area contributed by atoms with E-state index in [-0.39, 0.29) is 18.4 Å². The van der Waals surface area contributed by atoms with Gasteiger partial charge in [-0.1, -0.05) is 0 Å². The Hall–Kier alpha value is -1.30. The highest BCUT2D eigenvalue weighted by molar-refractivity contribution is 5.78. The summed E-state index contributed by atoms with van der Waals surface area (Å²) >= 11 is 0. The van der Waals surface area contributed by atoms with Gasteiger partial charge in [-0.05, 0) is 27.2 Å². The molecule has 1 saturated heterocycles. The van der Waals surface area contributed by atoms with Crippen molar-refractivity contribution >= 4 is 12.0 Å². The number of ether oxygens (including phenoxy) is 1. The summed E-state index contributed by atoms with van der Waals surface area (Å²) in [5.74, 6) is -0.0209. The van der Waals surface area contributed by atoms with E-state index >= 15 is 0 Å². The Labute approximate surface area is 114 Å². The zero-order valence-corrected chi connectivity index (χ0v) is 12.2. The number of hydrogen-bond donors (Lipinski definition) is 1. The van der Waals surface area contributed by atoms with Crippen LogP contribution in [0.25, 0.3) is 0 Å². The van der Waals surface area contributed by atoms with E-state index in [1.807, 2.05) is 20.8 Å². The molecule has 0 bridgehead atoms. The monoisotopic (exact) mass is 272 g/mol. The van der Waals surface area contributed by atoms with Crippen LogP contribution in [0.4, 0.5) is 4.79 Å². The van der Waals surface area contributed by atoms with Crippen molar-refractivity contribution in [3.05, 3.63) is 0 Å². The van der Waals surface area contributed by atoms with Crippen LogP contribution in [0, 0.1) is 0 Å². The molecule has 2 amide bonds. The van der Waals surface area contributed by atoms with Gasteiger partial charge in [0.1, 0.15) is 5.60 Å². The third-order valence-electron chi connectivity index (χ3n) is 2.82. The Bertz CT molecular complexity index is 338. The standard InChI is InChI=1S/C13H24N2O4/c1-13(2,3)19-12(18)14(4)6-5-7-15-9-10(16)8-11(15)17/h10,16H,5-9H2,1-4H3. The summed E-state index contributed by atoms with van der Waals surface area (Å²) in [6.07, 6.45) is -0.0211. The van der Waals surface area contributed by atoms with Gasteiger partial charge in [-0.3, -0.25) is 4.79 Å². The van der Waals surface area contributed by atoms with Crippen molar-refractivity contribution < 1.29 is 19.4 Å². The summed E-state index contributed by atoms with van der Waals surface area (Å²) in [7, 11) is 1.68. The van der Waals surface area contributed by atoms with Crippen molar-refractivity contribution in [3.63, 3.8) is 0 Å². The number of hydrogen-bond acceptors (Lipinski definition) is 4. The van der Waals surface area contributed by atoms with Crippen molar-refractivity contribution in [2.45, 2.75) is 45.3 Å². The summed E-state index contributed by atoms with van der Waals surface area (Å²) < 4.78 is 5.23. The molecule has 19 heavy (non-hydrogen) atoms. The fraction of sp³-hybridized carbons (Fsp3) is 0.846. The topological polar surface area (TPSA) is 70.1 Å². The van der Waals surface area contributed by atoms with E-state index in [9.17, 15) is 14.7 Å². The number of β-amino-alcohol motifs (C(OH)–C–C–N with tert-alkyl or cyclic N) is 1. The van der Waals surface area contributed by atoms with E-state index in [0.717, 1.165) is 0 Å². The van der Waals surface area contributed by atoms with Gasteiger partial charge in [-0.2, -0.15) is 0 Å². The maximum absolute atomic E-state index is 11.7. The van der Waals surface area contributed by atoms with Gasteiger partial charge in [0.25, 0.3) is 0 Å². The van der Waals surface area contributed by atoms with E-state index in [0.29, 0.717) is 26.1 Å². The van der Waals surface area contributed by atoms with E-state index in [4.69, 9.17) is 4.74 Å². The second-order valence-electron chi connectivity index (χ2n) is 5.95. The molecule has 0 radical (unpaired) electrons. The minimum atomic E-state index is -0.545. The lowest BCUT2D eigenvalue weighted by Crippen LogP contribution is -2.36. The van der Waals surface area contributed by atoms with E-state index in [1.165, 1.54) is 4.90 Å². The number of aliphatic hydroxyl groups is 1. The van der Waals surface area contributed by atoms with Crippen molar-refractivity contribution in [2.75, 3.05) is 26.7 Å². The van der Waals surface area contributed by atoms with Gasteiger partial charge in [0.2, 0.25) is 5.91 Å². The molecule has 1 N–H and O–H groups in total. The lowest BCUT2D eigenvalue weighted by atomic mass is 10.2. The van der Waals surface area contributed by atoms with E-state index < -0.39 is 11.7 Å². The minimum Gasteiger partial charge on any atom is -0.444 e. The fourth-order valence-electron chi connectivity index (χ4n) is 1.90. The van der Waals surface area contributed by atoms with Gasteiger partial charge in [0, 0.05) is 26.7 Å². The molecule has 0 spiro atoms. The second kappa shape index (κ2) is 6.23. The summed E-state index contributed by atoms with van der Waals surface area (Å²) in [6, 6.07) is 0. The van der Waals surface area contributed by atoms with Crippen molar-refractivity contribution in [1.82, 2.24) is 9.80 Å². The number of carbonyl (C=O) groups is 2. The van der Waals surface area contributed by atoms with E-state index in [2.05, 4.69) is 0 Å². The Morgan fingerprint density at radius 1 is 1.53 bits per heavy atom. The molecule has 1 fully saturated rings. The predicted molar refractivity (Wildman–Crippen MR) is 70.7 cm³/mol. The lowest BCUT2D eigenvalue weighted by Gasteiger charge is -2.25. The number of likely N-dealkylation sites (tertiary alicyclic amines) is 1. The highest BCUT2D eigenvalue weighted by atomic mass is 16.6. The van der Waals surface area contributed by atoms with Crippen molar-refractivity contribution in [2.24, 2.45) is 0 Å². The fourth-order valence-corrected chi connectivity index (χ4v) is 1.90. The predicted octanol–water partition coefficient (Wildman–Crippen LogP) is 0.837. The maximum Gasteiger partial charge on any atom is 0.410 e. The Morgan fingerprint density at radius 3 is 2.63 bits per heavy atom. The third-order valence-corrected chi connectivity index (χ3v) is 2.82. The van der Waals surface area contributed by atoms with Crippen LogP contribution in [0.2, 0.25) is 0 Å². The second-order valence-corrected chi connectivity index (χ2v) is 5.95. The maximum atomic E-state index is 11.7. The number of amides is 2. The first-order valence-electron chi connectivity index (χ1n) is 6.59. The van der Waals surface area contributed by atoms with Gasteiger partial charge >= 0.3 is 6.09 Å². The molecule has 0 saturated carbocycles. The highest BCUT2D eigenvalue weighted by Crippen LogP contribution is 2.12. The average molecular weight is 272 g/mol. The number of nitrogens with zero attached hydrogens (tertiary/aromatic N) is 2. The molecular formula is C13H24N2O4. The van der Waals surface area contributed by atoms with Crippen LogP contribution in [0.5, 0.6) is 0 Å². The molecule has 0 aromatic carbocycles. The van der Waals surface area contributed by atoms with E-state index in [1.54, 1.807) is 11.9 Å². The van der Waals surface area contributed by atoms with Gasteiger partial charge in [-0.25, -0.2) is 4.79 Å². The highest BCUT2D eigenvalue weighted by Gasteiger charge is 2.27. The molecule has 1 aliphatic rings. The van der Waals surface area contributed by atoms with Crippen molar-refractivity contribution in [3.8, 4) is 0 Å². The summed E-state index contributed by atoms with van der Waals surface area (Å²) in [4.78, 5) is 26.3. The van der Waals surface area contributed by atoms with Gasteiger partial charge < -0.3 is 19.6 Å². The minimum absolute atomic E-state index is 0.0209. The Balaban J connectivity index is 2.25. The Kier molecular flexibility index (Phi) is 5.17. The zero-order valence-electron chi connectivity index (χ0n) is 12.2. The molecule has 1 atom stereocenters. The summed E-state index contributed by atoms with van der Waals surface area (Å²) in [6.45, 7) is 6.95. The first-order valence-corrected chi connectivity index (χ1v) is 6.59. The van der Waals surface area contributed by atoms with Crippen LogP contribution >= 0.6 is 0 Å². The molecule has 1 heterocycles. The van der Waals surface area contributed by atoms with Crippen LogP contribution < -0.4 is 0 Å². The largest absolute Gasteiger partial charge is 0.444 e. The van der Waals surface area contributed by atoms with Crippen LogP contribution in [0.15, 0.2) is 0 Å². The smallest absolute Gasteiger partial charge is 0.410 e.